The molecule has 3 rings (SSSR count). The van der Waals surface area contributed by atoms with Crippen LogP contribution in [0.5, 0.6) is 0 Å². The summed E-state index contributed by atoms with van der Waals surface area (Å²) in [7, 11) is 0. The van der Waals surface area contributed by atoms with E-state index < -0.39 is 0 Å². The number of hydrogen-bond acceptors (Lipinski definition) is 3. The van der Waals surface area contributed by atoms with E-state index in [1.807, 2.05) is 30.3 Å². The van der Waals surface area contributed by atoms with Crippen LogP contribution in [-0.4, -0.2) is 28.6 Å². The Bertz CT molecular complexity index is 708. The molecule has 4 nitrogen and oxygen atoms in total. The molecule has 1 aromatic carbocycles. The molecule has 0 radical (unpaired) electrons. The molecule has 1 heterocycles. The number of carbonyl (C=O) groups is 1. The summed E-state index contributed by atoms with van der Waals surface area (Å²) in [5.41, 5.74) is 2.47. The van der Waals surface area contributed by atoms with E-state index in [9.17, 15) is 9.90 Å². The van der Waals surface area contributed by atoms with Gasteiger partial charge in [0.2, 0.25) is 0 Å². The van der Waals surface area contributed by atoms with Crippen LogP contribution in [0.2, 0.25) is 0 Å². The molecule has 23 heavy (non-hydrogen) atoms. The van der Waals surface area contributed by atoms with Gasteiger partial charge in [0.1, 0.15) is 0 Å². The predicted octanol–water partition coefficient (Wildman–Crippen LogP) is 3.25. The molecule has 1 atom stereocenters. The minimum atomic E-state index is -0.0594. The topological polar surface area (TPSA) is 62.2 Å². The first-order valence-electron chi connectivity index (χ1n) is 8.41. The SMILES string of the molecule is CC(C)c1cc(C(=O)NC(CCO)C2CC2)c2ccccc2n1. The molecule has 1 fully saturated rings. The smallest absolute Gasteiger partial charge is 0.252 e. The van der Waals surface area contributed by atoms with Gasteiger partial charge in [-0.3, -0.25) is 9.78 Å². The molecule has 2 N–H and O–H groups in total. The van der Waals surface area contributed by atoms with Gasteiger partial charge in [-0.15, -0.1) is 0 Å². The van der Waals surface area contributed by atoms with E-state index >= 15 is 0 Å². The standard InChI is InChI=1S/C19H24N2O2/c1-12(2)18-11-15(14-5-3-4-6-17(14)20-18)19(23)21-16(9-10-22)13-7-8-13/h3-6,11-13,16,22H,7-10H2,1-2H3,(H,21,23). The van der Waals surface area contributed by atoms with Crippen LogP contribution in [-0.2, 0) is 0 Å². The summed E-state index contributed by atoms with van der Waals surface area (Å²) in [4.78, 5) is 17.5. The summed E-state index contributed by atoms with van der Waals surface area (Å²) in [5.74, 6) is 0.724. The number of aliphatic hydroxyl groups excluding tert-OH is 1. The third-order valence-corrected chi connectivity index (χ3v) is 4.52. The number of amides is 1. The van der Waals surface area contributed by atoms with Crippen molar-refractivity contribution < 1.29 is 9.90 Å². The number of para-hydroxylation sites is 1. The zero-order valence-electron chi connectivity index (χ0n) is 13.7. The maximum absolute atomic E-state index is 12.8. The van der Waals surface area contributed by atoms with Crippen LogP contribution in [0.15, 0.2) is 30.3 Å². The first-order valence-corrected chi connectivity index (χ1v) is 8.41. The number of fused-ring (bicyclic) bond motifs is 1. The molecule has 0 bridgehead atoms. The Kier molecular flexibility index (Phi) is 4.62. The lowest BCUT2D eigenvalue weighted by atomic mass is 10.0. The van der Waals surface area contributed by atoms with Crippen LogP contribution in [0.3, 0.4) is 0 Å². The summed E-state index contributed by atoms with van der Waals surface area (Å²) < 4.78 is 0. The highest BCUT2D eigenvalue weighted by molar-refractivity contribution is 6.06. The second-order valence-electron chi connectivity index (χ2n) is 6.70. The second-order valence-corrected chi connectivity index (χ2v) is 6.70. The number of nitrogens with zero attached hydrogens (tertiary/aromatic N) is 1. The molecule has 0 spiro atoms. The zero-order valence-corrected chi connectivity index (χ0v) is 13.7. The fourth-order valence-corrected chi connectivity index (χ4v) is 2.99. The van der Waals surface area contributed by atoms with Crippen molar-refractivity contribution >= 4 is 16.8 Å². The fraction of sp³-hybridized carbons (Fsp3) is 0.474. The predicted molar refractivity (Wildman–Crippen MR) is 91.5 cm³/mol. The van der Waals surface area contributed by atoms with E-state index in [2.05, 4.69) is 24.1 Å². The third kappa shape index (κ3) is 3.53. The van der Waals surface area contributed by atoms with E-state index in [0.29, 0.717) is 17.9 Å². The molecule has 2 aromatic rings. The van der Waals surface area contributed by atoms with Crippen molar-refractivity contribution in [2.24, 2.45) is 5.92 Å². The summed E-state index contributed by atoms with van der Waals surface area (Å²) in [5, 5.41) is 13.2. The van der Waals surface area contributed by atoms with Crippen molar-refractivity contribution in [1.82, 2.24) is 10.3 Å². The Balaban J connectivity index is 1.95. The number of pyridine rings is 1. The van der Waals surface area contributed by atoms with Gasteiger partial charge in [0.05, 0.1) is 11.1 Å². The van der Waals surface area contributed by atoms with Crippen molar-refractivity contribution in [2.75, 3.05) is 6.61 Å². The van der Waals surface area contributed by atoms with E-state index in [1.165, 1.54) is 0 Å². The molecule has 1 saturated carbocycles. The maximum atomic E-state index is 12.8. The molecule has 1 aliphatic rings. The van der Waals surface area contributed by atoms with Crippen molar-refractivity contribution in [3.63, 3.8) is 0 Å². The highest BCUT2D eigenvalue weighted by Gasteiger charge is 2.32. The summed E-state index contributed by atoms with van der Waals surface area (Å²) in [6.45, 7) is 4.27. The first kappa shape index (κ1) is 15.9. The number of hydrogen-bond donors (Lipinski definition) is 2. The minimum absolute atomic E-state index is 0.0594. The molecule has 1 amide bonds. The monoisotopic (exact) mass is 312 g/mol. The third-order valence-electron chi connectivity index (χ3n) is 4.52. The summed E-state index contributed by atoms with van der Waals surface area (Å²) in [6, 6.07) is 9.75. The normalized spacial score (nSPS) is 15.8. The van der Waals surface area contributed by atoms with E-state index in [0.717, 1.165) is 29.4 Å². The number of benzene rings is 1. The number of aliphatic hydroxyl groups is 1. The van der Waals surface area contributed by atoms with Gasteiger partial charge in [0.15, 0.2) is 0 Å². The van der Waals surface area contributed by atoms with Gasteiger partial charge in [-0.2, -0.15) is 0 Å². The quantitative estimate of drug-likeness (QED) is 0.860. The molecular formula is C19H24N2O2. The highest BCUT2D eigenvalue weighted by Crippen LogP contribution is 2.34. The molecule has 1 aliphatic carbocycles. The molecule has 0 saturated heterocycles. The Morgan fingerprint density at radius 1 is 1.35 bits per heavy atom. The lowest BCUT2D eigenvalue weighted by Gasteiger charge is -2.18. The molecular weight excluding hydrogens is 288 g/mol. The van der Waals surface area contributed by atoms with Crippen LogP contribution in [0.1, 0.15) is 55.1 Å². The Hall–Kier alpha value is -1.94. The Morgan fingerprint density at radius 3 is 2.74 bits per heavy atom. The highest BCUT2D eigenvalue weighted by atomic mass is 16.3. The van der Waals surface area contributed by atoms with E-state index in [-0.39, 0.29) is 24.5 Å². The van der Waals surface area contributed by atoms with Crippen molar-refractivity contribution in [3.8, 4) is 0 Å². The second kappa shape index (κ2) is 6.67. The Morgan fingerprint density at radius 2 is 2.09 bits per heavy atom. The zero-order chi connectivity index (χ0) is 16.4. The number of aromatic nitrogens is 1. The Labute approximate surface area is 136 Å². The van der Waals surface area contributed by atoms with Gasteiger partial charge in [0, 0.05) is 23.7 Å². The number of rotatable bonds is 6. The number of nitrogens with one attached hydrogen (secondary N) is 1. The summed E-state index contributed by atoms with van der Waals surface area (Å²) in [6.07, 6.45) is 2.90. The average Bonchev–Trinajstić information content (AvgIpc) is 3.38. The van der Waals surface area contributed by atoms with Crippen LogP contribution < -0.4 is 5.32 Å². The molecule has 1 aromatic heterocycles. The van der Waals surface area contributed by atoms with Crippen LogP contribution in [0.25, 0.3) is 10.9 Å². The average molecular weight is 312 g/mol. The molecule has 4 heteroatoms. The van der Waals surface area contributed by atoms with Gasteiger partial charge < -0.3 is 10.4 Å². The van der Waals surface area contributed by atoms with E-state index in [4.69, 9.17) is 0 Å². The largest absolute Gasteiger partial charge is 0.396 e. The van der Waals surface area contributed by atoms with E-state index in [1.54, 1.807) is 0 Å². The molecule has 122 valence electrons. The lowest BCUT2D eigenvalue weighted by molar-refractivity contribution is 0.0926. The maximum Gasteiger partial charge on any atom is 0.252 e. The van der Waals surface area contributed by atoms with Crippen LogP contribution in [0.4, 0.5) is 0 Å². The number of carbonyl (C=O) groups excluding carboxylic acids is 1. The van der Waals surface area contributed by atoms with Gasteiger partial charge in [-0.1, -0.05) is 32.0 Å². The van der Waals surface area contributed by atoms with Crippen molar-refractivity contribution in [3.05, 3.63) is 41.6 Å². The fourth-order valence-electron chi connectivity index (χ4n) is 2.99. The molecule has 0 aliphatic heterocycles. The van der Waals surface area contributed by atoms with Crippen LogP contribution in [0, 0.1) is 5.92 Å². The van der Waals surface area contributed by atoms with Crippen molar-refractivity contribution in [1.29, 1.82) is 0 Å². The van der Waals surface area contributed by atoms with Crippen molar-refractivity contribution in [2.45, 2.75) is 45.1 Å². The van der Waals surface area contributed by atoms with Gasteiger partial charge in [0.25, 0.3) is 5.91 Å². The van der Waals surface area contributed by atoms with Gasteiger partial charge >= 0.3 is 0 Å². The summed E-state index contributed by atoms with van der Waals surface area (Å²) >= 11 is 0. The first-order chi connectivity index (χ1) is 11.1. The van der Waals surface area contributed by atoms with Gasteiger partial charge in [-0.25, -0.2) is 0 Å². The van der Waals surface area contributed by atoms with Gasteiger partial charge in [-0.05, 0) is 43.2 Å². The van der Waals surface area contributed by atoms with Crippen LogP contribution >= 0.6 is 0 Å². The molecule has 1 unspecified atom stereocenters. The lowest BCUT2D eigenvalue weighted by Crippen LogP contribution is -2.37. The minimum Gasteiger partial charge on any atom is -0.396 e.